The van der Waals surface area contributed by atoms with Crippen LogP contribution in [-0.2, 0) is 6.54 Å². The number of nitro groups is 1. The van der Waals surface area contributed by atoms with Gasteiger partial charge in [0, 0.05) is 32.0 Å². The molecule has 2 aromatic rings. The number of aryl methyl sites for hydroxylation is 1. The van der Waals surface area contributed by atoms with Crippen LogP contribution in [0.25, 0.3) is 0 Å². The Morgan fingerprint density at radius 3 is 2.71 bits per heavy atom. The summed E-state index contributed by atoms with van der Waals surface area (Å²) in [6.45, 7) is 4.09. The SMILES string of the molecule is CCNc1cc([N+](=O)[O-])cc(NCCCn2ccnc2)n1. The third kappa shape index (κ3) is 4.44. The van der Waals surface area contributed by atoms with Crippen LogP contribution in [0.15, 0.2) is 30.9 Å². The lowest BCUT2D eigenvalue weighted by molar-refractivity contribution is -0.384. The minimum absolute atomic E-state index is 0.0260. The fourth-order valence-corrected chi connectivity index (χ4v) is 1.88. The molecule has 2 heterocycles. The van der Waals surface area contributed by atoms with Gasteiger partial charge >= 0.3 is 0 Å². The summed E-state index contributed by atoms with van der Waals surface area (Å²) < 4.78 is 1.98. The smallest absolute Gasteiger partial charge is 0.276 e. The van der Waals surface area contributed by atoms with E-state index < -0.39 is 4.92 Å². The lowest BCUT2D eigenvalue weighted by Crippen LogP contribution is -2.09. The first kappa shape index (κ1) is 14.8. The topological polar surface area (TPSA) is 97.9 Å². The number of imidazole rings is 1. The summed E-state index contributed by atoms with van der Waals surface area (Å²) in [5, 5.41) is 17.0. The van der Waals surface area contributed by atoms with Gasteiger partial charge in [-0.1, -0.05) is 0 Å². The molecule has 2 N–H and O–H groups in total. The van der Waals surface area contributed by atoms with E-state index in [0.29, 0.717) is 24.7 Å². The van der Waals surface area contributed by atoms with E-state index >= 15 is 0 Å². The van der Waals surface area contributed by atoms with E-state index in [0.717, 1.165) is 13.0 Å². The number of rotatable bonds is 8. The quantitative estimate of drug-likeness (QED) is 0.439. The first-order valence-corrected chi connectivity index (χ1v) is 6.79. The number of hydrogen-bond donors (Lipinski definition) is 2. The minimum atomic E-state index is -0.417. The van der Waals surface area contributed by atoms with Crippen LogP contribution in [0.3, 0.4) is 0 Å². The summed E-state index contributed by atoms with van der Waals surface area (Å²) in [6.07, 6.45) is 6.26. The van der Waals surface area contributed by atoms with Gasteiger partial charge in [-0.3, -0.25) is 10.1 Å². The van der Waals surface area contributed by atoms with Crippen molar-refractivity contribution < 1.29 is 4.92 Å². The number of pyridine rings is 1. The van der Waals surface area contributed by atoms with Gasteiger partial charge in [-0.25, -0.2) is 9.97 Å². The van der Waals surface area contributed by atoms with Gasteiger partial charge in [0.25, 0.3) is 5.69 Å². The molecule has 0 saturated heterocycles. The Labute approximate surface area is 122 Å². The van der Waals surface area contributed by atoms with Gasteiger partial charge in [-0.15, -0.1) is 0 Å². The molecule has 112 valence electrons. The standard InChI is InChI=1S/C13H18N6O2/c1-2-15-12-8-11(19(20)21)9-13(17-12)16-4-3-6-18-7-5-14-10-18/h5,7-10H,2-4,6H2,1H3,(H2,15,16,17). The molecule has 0 radical (unpaired) electrons. The number of anilines is 2. The number of nitrogens with one attached hydrogen (secondary N) is 2. The molecule has 0 unspecified atom stereocenters. The van der Waals surface area contributed by atoms with Crippen molar-refractivity contribution in [2.45, 2.75) is 19.9 Å². The van der Waals surface area contributed by atoms with E-state index in [-0.39, 0.29) is 5.69 Å². The Kier molecular flexibility index (Phi) is 5.08. The lowest BCUT2D eigenvalue weighted by Gasteiger charge is -2.08. The van der Waals surface area contributed by atoms with E-state index in [1.807, 2.05) is 17.7 Å². The predicted molar refractivity (Wildman–Crippen MR) is 80.4 cm³/mol. The maximum atomic E-state index is 10.9. The summed E-state index contributed by atoms with van der Waals surface area (Å²) in [4.78, 5) is 18.8. The highest BCUT2D eigenvalue weighted by atomic mass is 16.6. The van der Waals surface area contributed by atoms with Gasteiger partial charge in [-0.05, 0) is 13.3 Å². The lowest BCUT2D eigenvalue weighted by atomic mass is 10.3. The molecule has 0 aliphatic carbocycles. The van der Waals surface area contributed by atoms with Crippen molar-refractivity contribution in [3.63, 3.8) is 0 Å². The van der Waals surface area contributed by atoms with E-state index in [4.69, 9.17) is 0 Å². The van der Waals surface area contributed by atoms with Crippen LogP contribution in [-0.4, -0.2) is 32.5 Å². The number of nitrogens with zero attached hydrogens (tertiary/aromatic N) is 4. The molecule has 2 aromatic heterocycles. The molecule has 8 nitrogen and oxygen atoms in total. The monoisotopic (exact) mass is 290 g/mol. The van der Waals surface area contributed by atoms with Crippen LogP contribution in [0.2, 0.25) is 0 Å². The largest absolute Gasteiger partial charge is 0.370 e. The highest BCUT2D eigenvalue weighted by Crippen LogP contribution is 2.20. The van der Waals surface area contributed by atoms with Crippen LogP contribution < -0.4 is 10.6 Å². The zero-order chi connectivity index (χ0) is 15.1. The molecular weight excluding hydrogens is 272 g/mol. The summed E-state index contributed by atoms with van der Waals surface area (Å²) in [5.41, 5.74) is 0.0260. The van der Waals surface area contributed by atoms with E-state index in [9.17, 15) is 10.1 Å². The Balaban J connectivity index is 1.93. The molecule has 0 bridgehead atoms. The molecule has 0 fully saturated rings. The van der Waals surface area contributed by atoms with E-state index in [1.165, 1.54) is 12.1 Å². The second-order valence-electron chi connectivity index (χ2n) is 4.46. The molecule has 8 heteroatoms. The van der Waals surface area contributed by atoms with Crippen LogP contribution in [0.5, 0.6) is 0 Å². The summed E-state index contributed by atoms with van der Waals surface area (Å²) in [5.74, 6) is 1.01. The predicted octanol–water partition coefficient (Wildman–Crippen LogP) is 2.12. The maximum Gasteiger partial charge on any atom is 0.276 e. The maximum absolute atomic E-state index is 10.9. The van der Waals surface area contributed by atoms with Gasteiger partial charge in [0.15, 0.2) is 0 Å². The van der Waals surface area contributed by atoms with Crippen molar-refractivity contribution in [3.05, 3.63) is 41.0 Å². The average Bonchev–Trinajstić information content (AvgIpc) is 2.97. The average molecular weight is 290 g/mol. The third-order valence-electron chi connectivity index (χ3n) is 2.84. The first-order valence-electron chi connectivity index (χ1n) is 6.79. The number of aromatic nitrogens is 3. The fraction of sp³-hybridized carbons (Fsp3) is 0.385. The minimum Gasteiger partial charge on any atom is -0.370 e. The zero-order valence-electron chi connectivity index (χ0n) is 11.8. The first-order chi connectivity index (χ1) is 10.2. The van der Waals surface area contributed by atoms with Crippen LogP contribution in [0.1, 0.15) is 13.3 Å². The molecule has 0 amide bonds. The molecule has 0 spiro atoms. The van der Waals surface area contributed by atoms with Crippen molar-refractivity contribution in [3.8, 4) is 0 Å². The summed E-state index contributed by atoms with van der Waals surface area (Å²) in [6, 6.07) is 2.87. The molecule has 0 aliphatic rings. The molecular formula is C13H18N6O2. The van der Waals surface area contributed by atoms with E-state index in [2.05, 4.69) is 20.6 Å². The Bertz CT molecular complexity index is 584. The summed E-state index contributed by atoms with van der Waals surface area (Å²) in [7, 11) is 0. The van der Waals surface area contributed by atoms with Gasteiger partial charge in [-0.2, -0.15) is 0 Å². The molecule has 2 rings (SSSR count). The van der Waals surface area contributed by atoms with Gasteiger partial charge in [0.2, 0.25) is 0 Å². The van der Waals surface area contributed by atoms with Crippen LogP contribution in [0.4, 0.5) is 17.3 Å². The van der Waals surface area contributed by atoms with Gasteiger partial charge in [0.1, 0.15) is 11.6 Å². The second kappa shape index (κ2) is 7.22. The molecule has 21 heavy (non-hydrogen) atoms. The third-order valence-corrected chi connectivity index (χ3v) is 2.84. The highest BCUT2D eigenvalue weighted by molar-refractivity contribution is 5.54. The van der Waals surface area contributed by atoms with Crippen molar-refractivity contribution in [1.29, 1.82) is 0 Å². The second-order valence-corrected chi connectivity index (χ2v) is 4.46. The van der Waals surface area contributed by atoms with Crippen molar-refractivity contribution >= 4 is 17.3 Å². The van der Waals surface area contributed by atoms with Crippen LogP contribution in [0, 0.1) is 10.1 Å². The molecule has 0 saturated carbocycles. The summed E-state index contributed by atoms with van der Waals surface area (Å²) >= 11 is 0. The molecule has 0 aromatic carbocycles. The fourth-order valence-electron chi connectivity index (χ4n) is 1.88. The van der Waals surface area contributed by atoms with Crippen molar-refractivity contribution in [2.24, 2.45) is 0 Å². The Morgan fingerprint density at radius 1 is 1.33 bits per heavy atom. The Morgan fingerprint density at radius 2 is 2.10 bits per heavy atom. The Hall–Kier alpha value is -2.64. The van der Waals surface area contributed by atoms with Crippen molar-refractivity contribution in [1.82, 2.24) is 14.5 Å². The molecule has 0 atom stereocenters. The normalized spacial score (nSPS) is 10.3. The number of hydrogen-bond acceptors (Lipinski definition) is 6. The van der Waals surface area contributed by atoms with E-state index in [1.54, 1.807) is 12.5 Å². The van der Waals surface area contributed by atoms with Gasteiger partial charge in [0.05, 0.1) is 23.4 Å². The zero-order valence-corrected chi connectivity index (χ0v) is 11.8. The van der Waals surface area contributed by atoms with Gasteiger partial charge < -0.3 is 15.2 Å². The van der Waals surface area contributed by atoms with Crippen LogP contribution >= 0.6 is 0 Å². The van der Waals surface area contributed by atoms with Crippen molar-refractivity contribution in [2.75, 3.05) is 23.7 Å². The molecule has 0 aliphatic heterocycles. The highest BCUT2D eigenvalue weighted by Gasteiger charge is 2.10.